The molecule has 10 heavy (non-hydrogen) atoms. The Morgan fingerprint density at radius 2 is 1.70 bits per heavy atom. The van der Waals surface area contributed by atoms with Gasteiger partial charge in [0.1, 0.15) is 0 Å². The topological polar surface area (TPSA) is 12.5 Å². The summed E-state index contributed by atoms with van der Waals surface area (Å²) >= 11 is 0. The van der Waals surface area contributed by atoms with Crippen LogP contribution >= 0.6 is 0 Å². The van der Waals surface area contributed by atoms with Gasteiger partial charge in [0, 0.05) is 0 Å². The summed E-state index contributed by atoms with van der Waals surface area (Å²) < 4.78 is 4.71. The molecule has 1 nitrogen and oxygen atoms in total. The lowest BCUT2D eigenvalue weighted by Crippen LogP contribution is -1.60. The van der Waals surface area contributed by atoms with Crippen LogP contribution in [0.2, 0.25) is 0 Å². The molecule has 1 rings (SSSR count). The van der Waals surface area contributed by atoms with E-state index in [-0.39, 0.29) is 0 Å². The van der Waals surface area contributed by atoms with E-state index in [1.165, 1.54) is 6.42 Å². The average molecular weight is 144 g/mol. The van der Waals surface area contributed by atoms with Crippen LogP contribution in [-0.2, 0) is 4.74 Å². The van der Waals surface area contributed by atoms with Crippen molar-refractivity contribution in [3.63, 3.8) is 0 Å². The van der Waals surface area contributed by atoms with Crippen LogP contribution in [0, 0.1) is 0 Å². The van der Waals surface area contributed by atoms with E-state index < -0.39 is 0 Å². The van der Waals surface area contributed by atoms with Crippen molar-refractivity contribution in [3.05, 3.63) is 12.7 Å². The SMILES string of the molecule is C=CC.CC1CO1.CCC. The summed E-state index contributed by atoms with van der Waals surface area (Å²) in [6.07, 6.45) is 3.58. The van der Waals surface area contributed by atoms with Gasteiger partial charge in [-0.3, -0.25) is 0 Å². The third-order valence-corrected chi connectivity index (χ3v) is 0.500. The molecule has 62 valence electrons. The molecular weight excluding hydrogens is 124 g/mol. The minimum Gasteiger partial charge on any atom is -0.373 e. The lowest BCUT2D eigenvalue weighted by molar-refractivity contribution is 0.423. The molecule has 1 heteroatoms. The van der Waals surface area contributed by atoms with Gasteiger partial charge in [-0.2, -0.15) is 0 Å². The summed E-state index contributed by atoms with van der Waals surface area (Å²) in [5.41, 5.74) is 0. The number of epoxide rings is 1. The molecule has 1 unspecified atom stereocenters. The molecule has 0 aromatic heterocycles. The second kappa shape index (κ2) is 11.5. The first-order valence-corrected chi connectivity index (χ1v) is 3.91. The monoisotopic (exact) mass is 144 g/mol. The van der Waals surface area contributed by atoms with Crippen molar-refractivity contribution in [2.75, 3.05) is 6.61 Å². The van der Waals surface area contributed by atoms with Crippen LogP contribution in [0.3, 0.4) is 0 Å². The van der Waals surface area contributed by atoms with Gasteiger partial charge in [-0.15, -0.1) is 6.58 Å². The highest BCUT2D eigenvalue weighted by atomic mass is 16.6. The van der Waals surface area contributed by atoms with Crippen molar-refractivity contribution in [1.82, 2.24) is 0 Å². The molecule has 0 amide bonds. The maximum Gasteiger partial charge on any atom is 0.0781 e. The van der Waals surface area contributed by atoms with Crippen LogP contribution in [0.1, 0.15) is 34.1 Å². The summed E-state index contributed by atoms with van der Waals surface area (Å²) in [7, 11) is 0. The molecule has 0 saturated carbocycles. The summed E-state index contributed by atoms with van der Waals surface area (Å²) in [6.45, 7) is 12.5. The van der Waals surface area contributed by atoms with Gasteiger partial charge in [-0.25, -0.2) is 0 Å². The summed E-state index contributed by atoms with van der Waals surface area (Å²) in [4.78, 5) is 0. The van der Waals surface area contributed by atoms with E-state index in [4.69, 9.17) is 4.74 Å². The number of hydrogen-bond acceptors (Lipinski definition) is 1. The standard InChI is InChI=1S/C3H6O.C3H8.C3H6/c1-3-2-4-3;2*1-3-2/h3H,2H2,1H3;3H2,1-2H3;3H,1H2,2H3. The van der Waals surface area contributed by atoms with E-state index in [1.807, 2.05) is 6.92 Å². The first-order valence-electron chi connectivity index (χ1n) is 3.91. The Bertz CT molecular complexity index is 55.7. The van der Waals surface area contributed by atoms with Gasteiger partial charge in [0.15, 0.2) is 0 Å². The lowest BCUT2D eigenvalue weighted by Gasteiger charge is -1.50. The Balaban J connectivity index is 0. The zero-order chi connectivity index (χ0) is 8.41. The average Bonchev–Trinajstić information content (AvgIpc) is 2.55. The largest absolute Gasteiger partial charge is 0.373 e. The number of rotatable bonds is 0. The molecular formula is C9H20O. The predicted molar refractivity (Wildman–Crippen MR) is 47.3 cm³/mol. The van der Waals surface area contributed by atoms with Crippen LogP contribution < -0.4 is 0 Å². The second-order valence-electron chi connectivity index (χ2n) is 2.26. The van der Waals surface area contributed by atoms with Gasteiger partial charge >= 0.3 is 0 Å². The molecule has 1 fully saturated rings. The molecule has 1 saturated heterocycles. The fourth-order valence-corrected chi connectivity index (χ4v) is 0.0962. The van der Waals surface area contributed by atoms with Gasteiger partial charge in [0.05, 0.1) is 12.7 Å². The van der Waals surface area contributed by atoms with E-state index in [9.17, 15) is 0 Å². The van der Waals surface area contributed by atoms with Crippen LogP contribution in [-0.4, -0.2) is 12.7 Å². The Hall–Kier alpha value is -0.300. The lowest BCUT2D eigenvalue weighted by atomic mass is 10.6. The smallest absolute Gasteiger partial charge is 0.0781 e. The minimum atomic E-state index is 0.583. The third-order valence-electron chi connectivity index (χ3n) is 0.500. The molecule has 1 aliphatic heterocycles. The van der Waals surface area contributed by atoms with E-state index in [0.29, 0.717) is 6.10 Å². The highest BCUT2D eigenvalue weighted by Gasteiger charge is 2.13. The van der Waals surface area contributed by atoms with Gasteiger partial charge in [-0.05, 0) is 13.8 Å². The molecule has 0 spiro atoms. The number of ether oxygens (including phenoxy) is 1. The summed E-state index contributed by atoms with van der Waals surface area (Å²) in [5.74, 6) is 0. The normalized spacial score (nSPS) is 19.0. The van der Waals surface area contributed by atoms with Crippen molar-refractivity contribution in [2.24, 2.45) is 0 Å². The minimum absolute atomic E-state index is 0.583. The molecule has 0 radical (unpaired) electrons. The van der Waals surface area contributed by atoms with E-state index in [0.717, 1.165) is 6.61 Å². The first-order chi connectivity index (χ1) is 4.72. The van der Waals surface area contributed by atoms with Crippen LogP contribution in [0.15, 0.2) is 12.7 Å². The molecule has 0 aromatic rings. The zero-order valence-electron chi connectivity index (χ0n) is 7.68. The van der Waals surface area contributed by atoms with Crippen molar-refractivity contribution in [1.29, 1.82) is 0 Å². The van der Waals surface area contributed by atoms with Crippen LogP contribution in [0.4, 0.5) is 0 Å². The molecule has 1 atom stereocenters. The predicted octanol–water partition coefficient (Wildman–Crippen LogP) is 3.01. The highest BCUT2D eigenvalue weighted by molar-refractivity contribution is 4.58. The van der Waals surface area contributed by atoms with E-state index in [2.05, 4.69) is 27.4 Å². The van der Waals surface area contributed by atoms with Gasteiger partial charge < -0.3 is 4.74 Å². The Morgan fingerprint density at radius 1 is 1.60 bits per heavy atom. The molecule has 1 aliphatic rings. The molecule has 1 heterocycles. The van der Waals surface area contributed by atoms with Gasteiger partial charge in [0.25, 0.3) is 0 Å². The highest BCUT2D eigenvalue weighted by Crippen LogP contribution is 2.04. The van der Waals surface area contributed by atoms with Gasteiger partial charge in [-0.1, -0.05) is 26.3 Å². The number of hydrogen-bond donors (Lipinski definition) is 0. The quantitative estimate of drug-likeness (QED) is 0.376. The van der Waals surface area contributed by atoms with Crippen LogP contribution in [0.5, 0.6) is 0 Å². The van der Waals surface area contributed by atoms with Gasteiger partial charge in [0.2, 0.25) is 0 Å². The summed E-state index contributed by atoms with van der Waals surface area (Å²) in [5, 5.41) is 0. The second-order valence-corrected chi connectivity index (χ2v) is 2.26. The number of allylic oxidation sites excluding steroid dienone is 1. The first kappa shape index (κ1) is 12.4. The zero-order valence-corrected chi connectivity index (χ0v) is 7.68. The third kappa shape index (κ3) is 47.4. The fraction of sp³-hybridized carbons (Fsp3) is 0.778. The maximum atomic E-state index is 4.71. The Labute approximate surface area is 65.1 Å². The van der Waals surface area contributed by atoms with Crippen LogP contribution in [0.25, 0.3) is 0 Å². The van der Waals surface area contributed by atoms with Crippen molar-refractivity contribution < 1.29 is 4.74 Å². The van der Waals surface area contributed by atoms with Crippen molar-refractivity contribution >= 4 is 0 Å². The fourth-order valence-electron chi connectivity index (χ4n) is 0.0962. The summed E-state index contributed by atoms with van der Waals surface area (Å²) in [6, 6.07) is 0. The Morgan fingerprint density at radius 3 is 1.70 bits per heavy atom. The Kier molecular flexibility index (Phi) is 14.2. The molecule has 0 bridgehead atoms. The molecule has 0 N–H and O–H groups in total. The maximum absolute atomic E-state index is 4.71. The van der Waals surface area contributed by atoms with E-state index in [1.54, 1.807) is 6.08 Å². The molecule has 0 aliphatic carbocycles. The molecule has 0 aromatic carbocycles. The van der Waals surface area contributed by atoms with E-state index >= 15 is 0 Å². The van der Waals surface area contributed by atoms with Crippen molar-refractivity contribution in [3.8, 4) is 0 Å². The van der Waals surface area contributed by atoms with Crippen molar-refractivity contribution in [2.45, 2.75) is 40.2 Å².